The van der Waals surface area contributed by atoms with Gasteiger partial charge < -0.3 is 10.5 Å². The lowest BCUT2D eigenvalue weighted by atomic mass is 10.1. The smallest absolute Gasteiger partial charge is 0.278 e. The van der Waals surface area contributed by atoms with Crippen LogP contribution in [-0.4, -0.2) is 4.98 Å². The van der Waals surface area contributed by atoms with Crippen LogP contribution in [0.2, 0.25) is 0 Å². The Labute approximate surface area is 92.5 Å². The van der Waals surface area contributed by atoms with Gasteiger partial charge >= 0.3 is 0 Å². The molecular weight excluding hydrogens is 208 g/mol. The molecule has 2 aromatic rings. The Morgan fingerprint density at radius 1 is 1.47 bits per heavy atom. The van der Waals surface area contributed by atoms with Crippen LogP contribution in [0.5, 0.6) is 10.9 Å². The molecule has 4 heteroatoms. The number of hydrogen-bond donors (Lipinski definition) is 1. The van der Waals surface area contributed by atoms with Crippen molar-refractivity contribution in [3.05, 3.63) is 35.3 Å². The number of aryl methyl sites for hydroxylation is 1. The van der Waals surface area contributed by atoms with Crippen LogP contribution in [0.25, 0.3) is 0 Å². The Hall–Kier alpha value is -1.55. The van der Waals surface area contributed by atoms with Gasteiger partial charge in [-0.25, -0.2) is 4.98 Å². The maximum absolute atomic E-state index is 5.87. The zero-order valence-corrected chi connectivity index (χ0v) is 9.25. The van der Waals surface area contributed by atoms with E-state index in [9.17, 15) is 0 Å². The number of benzene rings is 1. The number of ether oxygens (including phenoxy) is 1. The number of nitrogen functional groups attached to an aromatic ring is 1. The van der Waals surface area contributed by atoms with E-state index in [2.05, 4.69) is 11.9 Å². The molecule has 3 nitrogen and oxygen atoms in total. The van der Waals surface area contributed by atoms with E-state index >= 15 is 0 Å². The van der Waals surface area contributed by atoms with Gasteiger partial charge in [-0.05, 0) is 24.1 Å². The molecule has 0 fully saturated rings. The van der Waals surface area contributed by atoms with E-state index in [-0.39, 0.29) is 0 Å². The first kappa shape index (κ1) is 9.98. The quantitative estimate of drug-likeness (QED) is 0.809. The Balaban J connectivity index is 2.22. The summed E-state index contributed by atoms with van der Waals surface area (Å²) in [5.74, 6) is 0.669. The summed E-state index contributed by atoms with van der Waals surface area (Å²) in [7, 11) is 0. The third-order valence-electron chi connectivity index (χ3n) is 2.09. The number of rotatable bonds is 3. The minimum atomic E-state index is 0.617. The molecule has 0 aliphatic heterocycles. The lowest BCUT2D eigenvalue weighted by Gasteiger charge is -2.06. The molecular formula is C11H12N2OS. The molecule has 0 saturated carbocycles. The Morgan fingerprint density at radius 3 is 2.93 bits per heavy atom. The fourth-order valence-electron chi connectivity index (χ4n) is 1.27. The van der Waals surface area contributed by atoms with Gasteiger partial charge in [-0.2, -0.15) is 0 Å². The Morgan fingerprint density at radius 2 is 2.33 bits per heavy atom. The molecule has 0 radical (unpaired) electrons. The molecule has 0 bridgehead atoms. The van der Waals surface area contributed by atoms with Crippen LogP contribution in [0.3, 0.4) is 0 Å². The van der Waals surface area contributed by atoms with Crippen molar-refractivity contribution in [2.75, 3.05) is 5.73 Å². The van der Waals surface area contributed by atoms with E-state index in [1.54, 1.807) is 6.20 Å². The SMILES string of the molecule is CCc1ccc(Oc2nccs2)c(N)c1. The fraction of sp³-hybridized carbons (Fsp3) is 0.182. The molecule has 1 aromatic carbocycles. The van der Waals surface area contributed by atoms with Crippen LogP contribution in [0.4, 0.5) is 5.69 Å². The molecule has 2 N–H and O–H groups in total. The summed E-state index contributed by atoms with van der Waals surface area (Å²) in [6, 6.07) is 5.83. The van der Waals surface area contributed by atoms with Crippen molar-refractivity contribution in [1.82, 2.24) is 4.98 Å². The van der Waals surface area contributed by atoms with Crippen molar-refractivity contribution in [1.29, 1.82) is 0 Å². The van der Waals surface area contributed by atoms with Gasteiger partial charge in [-0.1, -0.05) is 24.3 Å². The van der Waals surface area contributed by atoms with Gasteiger partial charge in [0.05, 0.1) is 5.69 Å². The second kappa shape index (κ2) is 4.31. The maximum atomic E-state index is 5.87. The van der Waals surface area contributed by atoms with E-state index < -0.39 is 0 Å². The Kier molecular flexibility index (Phi) is 2.87. The molecule has 1 aromatic heterocycles. The predicted molar refractivity (Wildman–Crippen MR) is 62.4 cm³/mol. The monoisotopic (exact) mass is 220 g/mol. The van der Waals surface area contributed by atoms with Crippen molar-refractivity contribution in [3.63, 3.8) is 0 Å². The highest BCUT2D eigenvalue weighted by Crippen LogP contribution is 2.29. The van der Waals surface area contributed by atoms with Crippen LogP contribution in [0.15, 0.2) is 29.8 Å². The molecule has 0 unspecified atom stereocenters. The third-order valence-corrected chi connectivity index (χ3v) is 2.74. The topological polar surface area (TPSA) is 48.1 Å². The molecule has 0 amide bonds. The first-order valence-electron chi connectivity index (χ1n) is 4.75. The second-order valence-corrected chi connectivity index (χ2v) is 3.98. The molecule has 2 rings (SSSR count). The van der Waals surface area contributed by atoms with Gasteiger partial charge in [-0.3, -0.25) is 0 Å². The Bertz CT molecular complexity index is 440. The van der Waals surface area contributed by atoms with Gasteiger partial charge in [0.1, 0.15) is 0 Å². The summed E-state index contributed by atoms with van der Waals surface area (Å²) >= 11 is 1.45. The molecule has 0 saturated heterocycles. The lowest BCUT2D eigenvalue weighted by Crippen LogP contribution is -1.93. The van der Waals surface area contributed by atoms with E-state index in [0.29, 0.717) is 16.6 Å². The second-order valence-electron chi connectivity index (χ2n) is 3.13. The lowest BCUT2D eigenvalue weighted by molar-refractivity contribution is 0.481. The van der Waals surface area contributed by atoms with Crippen LogP contribution in [0, 0.1) is 0 Å². The van der Waals surface area contributed by atoms with Crippen molar-refractivity contribution >= 4 is 17.0 Å². The fourth-order valence-corrected chi connectivity index (χ4v) is 1.76. The normalized spacial score (nSPS) is 10.2. The summed E-state index contributed by atoms with van der Waals surface area (Å²) < 4.78 is 5.53. The van der Waals surface area contributed by atoms with Crippen molar-refractivity contribution in [3.8, 4) is 10.9 Å². The number of hydrogen-bond acceptors (Lipinski definition) is 4. The number of nitrogens with zero attached hydrogens (tertiary/aromatic N) is 1. The largest absolute Gasteiger partial charge is 0.429 e. The zero-order chi connectivity index (χ0) is 10.7. The summed E-state index contributed by atoms with van der Waals surface area (Å²) in [5, 5.41) is 2.48. The summed E-state index contributed by atoms with van der Waals surface area (Å²) in [6.07, 6.45) is 2.68. The highest BCUT2D eigenvalue weighted by atomic mass is 32.1. The van der Waals surface area contributed by atoms with Crippen molar-refractivity contribution in [2.45, 2.75) is 13.3 Å². The van der Waals surface area contributed by atoms with Crippen LogP contribution in [-0.2, 0) is 6.42 Å². The van der Waals surface area contributed by atoms with E-state index in [1.165, 1.54) is 16.9 Å². The van der Waals surface area contributed by atoms with Crippen LogP contribution < -0.4 is 10.5 Å². The molecule has 0 aliphatic rings. The van der Waals surface area contributed by atoms with Gasteiger partial charge in [0, 0.05) is 11.6 Å². The third kappa shape index (κ3) is 2.27. The molecule has 78 valence electrons. The molecule has 15 heavy (non-hydrogen) atoms. The summed E-state index contributed by atoms with van der Waals surface area (Å²) in [4.78, 5) is 4.04. The average molecular weight is 220 g/mol. The van der Waals surface area contributed by atoms with Gasteiger partial charge in [0.2, 0.25) is 0 Å². The van der Waals surface area contributed by atoms with Crippen LogP contribution in [0.1, 0.15) is 12.5 Å². The average Bonchev–Trinajstić information content (AvgIpc) is 2.74. The number of thiazole rings is 1. The molecule has 1 heterocycles. The van der Waals surface area contributed by atoms with E-state index in [1.807, 2.05) is 23.6 Å². The maximum Gasteiger partial charge on any atom is 0.278 e. The summed E-state index contributed by atoms with van der Waals surface area (Å²) in [5.41, 5.74) is 7.73. The first-order valence-corrected chi connectivity index (χ1v) is 5.63. The number of aromatic nitrogens is 1. The zero-order valence-electron chi connectivity index (χ0n) is 8.43. The molecule has 0 atom stereocenters. The highest BCUT2D eigenvalue weighted by molar-refractivity contribution is 7.11. The predicted octanol–water partition coefficient (Wildman–Crippen LogP) is 3.08. The standard InChI is InChI=1S/C11H12N2OS/c1-2-8-3-4-10(9(12)7-8)14-11-13-5-6-15-11/h3-7H,2,12H2,1H3. The minimum Gasteiger partial charge on any atom is -0.429 e. The first-order chi connectivity index (χ1) is 7.29. The van der Waals surface area contributed by atoms with E-state index in [4.69, 9.17) is 10.5 Å². The van der Waals surface area contributed by atoms with Gasteiger partial charge in [-0.15, -0.1) is 0 Å². The number of anilines is 1. The molecule has 0 spiro atoms. The number of nitrogens with two attached hydrogens (primary N) is 1. The van der Waals surface area contributed by atoms with Crippen LogP contribution >= 0.6 is 11.3 Å². The van der Waals surface area contributed by atoms with Gasteiger partial charge in [0.25, 0.3) is 5.19 Å². The van der Waals surface area contributed by atoms with Gasteiger partial charge in [0.15, 0.2) is 5.75 Å². The van der Waals surface area contributed by atoms with Crippen molar-refractivity contribution < 1.29 is 4.74 Å². The minimum absolute atomic E-state index is 0.617. The van der Waals surface area contributed by atoms with Crippen molar-refractivity contribution in [2.24, 2.45) is 0 Å². The van der Waals surface area contributed by atoms with E-state index in [0.717, 1.165) is 6.42 Å². The summed E-state index contributed by atoms with van der Waals surface area (Å²) in [6.45, 7) is 2.09. The molecule has 0 aliphatic carbocycles. The highest BCUT2D eigenvalue weighted by Gasteiger charge is 2.04.